The van der Waals surface area contributed by atoms with Crippen molar-refractivity contribution in [1.29, 1.82) is 0 Å². The van der Waals surface area contributed by atoms with E-state index in [0.717, 1.165) is 61.4 Å². The minimum absolute atomic E-state index is 0.0485. The second-order valence-electron chi connectivity index (χ2n) is 11.0. The summed E-state index contributed by atoms with van der Waals surface area (Å²) < 4.78 is 0. The van der Waals surface area contributed by atoms with Gasteiger partial charge >= 0.3 is 0 Å². The Morgan fingerprint density at radius 1 is 1.05 bits per heavy atom. The second kappa shape index (κ2) is 11.6. The third-order valence-electron chi connectivity index (χ3n) is 8.37. The Kier molecular flexibility index (Phi) is 7.98. The molecule has 0 saturated heterocycles. The van der Waals surface area contributed by atoms with Crippen LogP contribution in [0.25, 0.3) is 10.9 Å². The summed E-state index contributed by atoms with van der Waals surface area (Å²) in [7, 11) is 2.17. The lowest BCUT2D eigenvalue weighted by Crippen LogP contribution is -2.29. The predicted octanol–water partition coefficient (Wildman–Crippen LogP) is 6.71. The molecule has 0 fully saturated rings. The van der Waals surface area contributed by atoms with Crippen molar-refractivity contribution in [2.45, 2.75) is 58.8 Å². The topological polar surface area (TPSA) is 83.3 Å². The number of benzene rings is 2. The van der Waals surface area contributed by atoms with Gasteiger partial charge in [-0.1, -0.05) is 30.3 Å². The van der Waals surface area contributed by atoms with E-state index < -0.39 is 0 Å². The minimum atomic E-state index is -0.309. The van der Waals surface area contributed by atoms with Gasteiger partial charge in [0.2, 0.25) is 0 Å². The molecule has 204 valence electrons. The van der Waals surface area contributed by atoms with Crippen LogP contribution in [0.15, 0.2) is 71.1 Å². The van der Waals surface area contributed by atoms with E-state index in [0.29, 0.717) is 0 Å². The van der Waals surface area contributed by atoms with Gasteiger partial charge in [0.25, 0.3) is 5.69 Å². The number of pyridine rings is 1. The standard InChI is InChI=1S/C32H39N5O2/c1-21-22(2)34-23(3)26(31(21)24-10-9-11-25(20-24)37(38)39)16-18-36(4)19-17-33-32-27-12-5-7-14-29(27)35-30-15-8-6-13-28(30)32/h5,7,9-12,14,20,31,34H,6,8,13,15-19H2,1-4H3,(H,33,35). The summed E-state index contributed by atoms with van der Waals surface area (Å²) in [5, 5.41) is 20.0. The molecule has 0 bridgehead atoms. The van der Waals surface area contributed by atoms with Crippen molar-refractivity contribution >= 4 is 22.3 Å². The Morgan fingerprint density at radius 3 is 2.67 bits per heavy atom. The molecule has 2 aliphatic rings. The van der Waals surface area contributed by atoms with Gasteiger partial charge in [0.05, 0.1) is 10.4 Å². The molecular formula is C32H39N5O2. The van der Waals surface area contributed by atoms with E-state index in [9.17, 15) is 10.1 Å². The highest BCUT2D eigenvalue weighted by Crippen LogP contribution is 2.40. The second-order valence-corrected chi connectivity index (χ2v) is 11.0. The number of aromatic nitrogens is 1. The molecule has 1 unspecified atom stereocenters. The summed E-state index contributed by atoms with van der Waals surface area (Å²) in [4.78, 5) is 18.5. The SMILES string of the molecule is CC1=C(C)C(c2cccc([N+](=O)[O-])c2)C(CCN(C)CCNc2c3c(nc4ccccc24)CCCC3)=C(C)N1. The molecule has 0 amide bonds. The summed E-state index contributed by atoms with van der Waals surface area (Å²) >= 11 is 0. The summed E-state index contributed by atoms with van der Waals surface area (Å²) in [6.45, 7) is 9.02. The molecule has 0 radical (unpaired) electrons. The quantitative estimate of drug-likeness (QED) is 0.239. The van der Waals surface area contributed by atoms with Crippen LogP contribution in [-0.2, 0) is 12.8 Å². The molecule has 2 aromatic carbocycles. The van der Waals surface area contributed by atoms with Crippen molar-refractivity contribution in [1.82, 2.24) is 15.2 Å². The van der Waals surface area contributed by atoms with Gasteiger partial charge in [-0.25, -0.2) is 0 Å². The Bertz CT molecular complexity index is 1460. The zero-order chi connectivity index (χ0) is 27.5. The molecular weight excluding hydrogens is 486 g/mol. The number of non-ortho nitro benzene ring substituents is 1. The lowest BCUT2D eigenvalue weighted by atomic mass is 9.80. The summed E-state index contributed by atoms with van der Waals surface area (Å²) in [5.74, 6) is 0.0485. The fraction of sp³-hybridized carbons (Fsp3) is 0.406. The number of nitrogens with one attached hydrogen (secondary N) is 2. The van der Waals surface area contributed by atoms with Gasteiger partial charge in [-0.05, 0) is 88.3 Å². The van der Waals surface area contributed by atoms with Crippen molar-refractivity contribution in [2.24, 2.45) is 0 Å². The van der Waals surface area contributed by atoms with Gasteiger partial charge in [0.1, 0.15) is 0 Å². The zero-order valence-corrected chi connectivity index (χ0v) is 23.5. The number of hydrogen-bond acceptors (Lipinski definition) is 6. The highest BCUT2D eigenvalue weighted by molar-refractivity contribution is 5.93. The highest BCUT2D eigenvalue weighted by Gasteiger charge is 2.27. The van der Waals surface area contributed by atoms with Gasteiger partial charge in [-0.3, -0.25) is 15.1 Å². The summed E-state index contributed by atoms with van der Waals surface area (Å²) in [6, 6.07) is 15.6. The Balaban J connectivity index is 1.27. The number of anilines is 1. The number of aryl methyl sites for hydroxylation is 1. The summed E-state index contributed by atoms with van der Waals surface area (Å²) in [6.07, 6.45) is 5.49. The third kappa shape index (κ3) is 5.69. The van der Waals surface area contributed by atoms with Gasteiger partial charge in [-0.2, -0.15) is 0 Å². The molecule has 0 spiro atoms. The lowest BCUT2D eigenvalue weighted by molar-refractivity contribution is -0.384. The zero-order valence-electron chi connectivity index (χ0n) is 23.5. The molecule has 1 aliphatic heterocycles. The molecule has 1 aromatic heterocycles. The molecule has 7 heteroatoms. The number of para-hydroxylation sites is 1. The smallest absolute Gasteiger partial charge is 0.269 e. The van der Waals surface area contributed by atoms with E-state index in [4.69, 9.17) is 4.98 Å². The van der Waals surface area contributed by atoms with Crippen LogP contribution >= 0.6 is 0 Å². The molecule has 5 rings (SSSR count). The Morgan fingerprint density at radius 2 is 1.85 bits per heavy atom. The number of nitro groups is 1. The van der Waals surface area contributed by atoms with E-state index in [1.807, 2.05) is 6.07 Å². The largest absolute Gasteiger partial charge is 0.383 e. The molecule has 1 atom stereocenters. The van der Waals surface area contributed by atoms with E-state index in [1.54, 1.807) is 18.2 Å². The average Bonchev–Trinajstić information content (AvgIpc) is 2.93. The maximum absolute atomic E-state index is 11.5. The highest BCUT2D eigenvalue weighted by atomic mass is 16.6. The van der Waals surface area contributed by atoms with Crippen LogP contribution < -0.4 is 10.6 Å². The van der Waals surface area contributed by atoms with Crippen LogP contribution in [-0.4, -0.2) is 41.5 Å². The van der Waals surface area contributed by atoms with Crippen molar-refractivity contribution in [2.75, 3.05) is 32.0 Å². The summed E-state index contributed by atoms with van der Waals surface area (Å²) in [5.41, 5.74) is 10.9. The molecule has 0 saturated carbocycles. The molecule has 2 heterocycles. The van der Waals surface area contributed by atoms with E-state index >= 15 is 0 Å². The Labute approximate surface area is 231 Å². The number of rotatable bonds is 9. The fourth-order valence-corrected chi connectivity index (χ4v) is 6.12. The van der Waals surface area contributed by atoms with Crippen LogP contribution in [0.3, 0.4) is 0 Å². The van der Waals surface area contributed by atoms with E-state index in [2.05, 4.69) is 67.6 Å². The van der Waals surface area contributed by atoms with Crippen LogP contribution in [0, 0.1) is 10.1 Å². The first-order valence-corrected chi connectivity index (χ1v) is 14.0. The minimum Gasteiger partial charge on any atom is -0.383 e. The maximum atomic E-state index is 11.5. The molecule has 2 N–H and O–H groups in total. The van der Waals surface area contributed by atoms with Crippen molar-refractivity contribution in [3.63, 3.8) is 0 Å². The van der Waals surface area contributed by atoms with Gasteiger partial charge < -0.3 is 15.5 Å². The molecule has 1 aliphatic carbocycles. The number of dihydropyridines is 1. The number of nitro benzene ring substituents is 1. The predicted molar refractivity (Wildman–Crippen MR) is 159 cm³/mol. The van der Waals surface area contributed by atoms with Gasteiger partial charge in [-0.15, -0.1) is 0 Å². The number of likely N-dealkylation sites (N-methyl/N-ethyl adjacent to an activating group) is 1. The number of nitrogens with zero attached hydrogens (tertiary/aromatic N) is 3. The third-order valence-corrected chi connectivity index (χ3v) is 8.37. The Hall–Kier alpha value is -3.71. The normalized spacial score (nSPS) is 17.4. The maximum Gasteiger partial charge on any atom is 0.269 e. The van der Waals surface area contributed by atoms with E-state index in [1.165, 1.54) is 46.3 Å². The van der Waals surface area contributed by atoms with Crippen molar-refractivity contribution in [3.8, 4) is 0 Å². The van der Waals surface area contributed by atoms with Crippen LogP contribution in [0.2, 0.25) is 0 Å². The monoisotopic (exact) mass is 525 g/mol. The number of allylic oxidation sites excluding steroid dienone is 3. The first-order valence-electron chi connectivity index (χ1n) is 14.0. The van der Waals surface area contributed by atoms with Crippen LogP contribution in [0.1, 0.15) is 62.8 Å². The van der Waals surface area contributed by atoms with Gasteiger partial charge in [0.15, 0.2) is 0 Å². The first-order chi connectivity index (χ1) is 18.8. The average molecular weight is 526 g/mol. The number of fused-ring (bicyclic) bond motifs is 2. The molecule has 39 heavy (non-hydrogen) atoms. The van der Waals surface area contributed by atoms with Crippen molar-refractivity contribution < 1.29 is 4.92 Å². The van der Waals surface area contributed by atoms with Crippen LogP contribution in [0.4, 0.5) is 11.4 Å². The van der Waals surface area contributed by atoms with Gasteiger partial charge in [0, 0.05) is 65.8 Å². The van der Waals surface area contributed by atoms with Crippen molar-refractivity contribution in [3.05, 3.63) is 98.0 Å². The first kappa shape index (κ1) is 26.9. The number of hydrogen-bond donors (Lipinski definition) is 2. The molecule has 7 nitrogen and oxygen atoms in total. The van der Waals surface area contributed by atoms with E-state index in [-0.39, 0.29) is 16.5 Å². The molecule has 3 aromatic rings. The van der Waals surface area contributed by atoms with Crippen LogP contribution in [0.5, 0.6) is 0 Å². The fourth-order valence-electron chi connectivity index (χ4n) is 6.12. The lowest BCUT2D eigenvalue weighted by Gasteiger charge is -2.32.